The van der Waals surface area contributed by atoms with Crippen LogP contribution < -0.4 is 5.32 Å². The van der Waals surface area contributed by atoms with Crippen LogP contribution >= 0.6 is 0 Å². The van der Waals surface area contributed by atoms with Crippen molar-refractivity contribution in [2.24, 2.45) is 5.92 Å². The molecule has 1 saturated heterocycles. The van der Waals surface area contributed by atoms with Crippen LogP contribution in [0.1, 0.15) is 24.2 Å². The van der Waals surface area contributed by atoms with Crippen molar-refractivity contribution in [2.75, 3.05) is 13.1 Å². The zero-order valence-corrected chi connectivity index (χ0v) is 11.5. The van der Waals surface area contributed by atoms with Crippen molar-refractivity contribution in [3.63, 3.8) is 0 Å². The first-order valence-corrected chi connectivity index (χ1v) is 7.02. The van der Waals surface area contributed by atoms with Crippen LogP contribution in [0.2, 0.25) is 0 Å². The lowest BCUT2D eigenvalue weighted by atomic mass is 9.96. The molecule has 0 saturated carbocycles. The molecular formula is C15H18FN3O. The van der Waals surface area contributed by atoms with Gasteiger partial charge in [-0.2, -0.15) is 4.98 Å². The van der Waals surface area contributed by atoms with E-state index in [1.165, 1.54) is 25.0 Å². The van der Waals surface area contributed by atoms with Crippen LogP contribution in [0.25, 0.3) is 11.5 Å². The maximum atomic E-state index is 13.1. The van der Waals surface area contributed by atoms with Gasteiger partial charge in [0.15, 0.2) is 5.82 Å². The van der Waals surface area contributed by atoms with Gasteiger partial charge in [0.05, 0.1) is 0 Å². The Bertz CT molecular complexity index is 591. The van der Waals surface area contributed by atoms with E-state index in [1.807, 2.05) is 6.92 Å². The highest BCUT2D eigenvalue weighted by Gasteiger charge is 2.18. The number of aryl methyl sites for hydroxylation is 1. The topological polar surface area (TPSA) is 51.0 Å². The second kappa shape index (κ2) is 5.71. The molecule has 0 amide bonds. The third-order valence-corrected chi connectivity index (χ3v) is 3.76. The largest absolute Gasteiger partial charge is 0.334 e. The molecule has 2 heterocycles. The van der Waals surface area contributed by atoms with E-state index in [9.17, 15) is 4.39 Å². The maximum Gasteiger partial charge on any atom is 0.258 e. The lowest BCUT2D eigenvalue weighted by molar-refractivity contribution is 0.360. The average Bonchev–Trinajstić information content (AvgIpc) is 2.88. The second-order valence-electron chi connectivity index (χ2n) is 5.39. The fraction of sp³-hybridized carbons (Fsp3) is 0.467. The average molecular weight is 275 g/mol. The molecule has 1 aliphatic heterocycles. The van der Waals surface area contributed by atoms with Crippen molar-refractivity contribution >= 4 is 0 Å². The normalized spacial score (nSPS) is 19.2. The van der Waals surface area contributed by atoms with Crippen molar-refractivity contribution in [1.82, 2.24) is 15.5 Å². The van der Waals surface area contributed by atoms with Gasteiger partial charge >= 0.3 is 0 Å². The molecule has 5 heteroatoms. The molecule has 1 aliphatic rings. The summed E-state index contributed by atoms with van der Waals surface area (Å²) >= 11 is 0. The molecule has 0 spiro atoms. The lowest BCUT2D eigenvalue weighted by Gasteiger charge is -2.20. The predicted octanol–water partition coefficient (Wildman–Crippen LogP) is 2.73. The fourth-order valence-corrected chi connectivity index (χ4v) is 2.67. The van der Waals surface area contributed by atoms with Crippen molar-refractivity contribution in [3.05, 3.63) is 35.4 Å². The van der Waals surface area contributed by atoms with Gasteiger partial charge in [-0.1, -0.05) is 5.16 Å². The molecule has 0 aliphatic carbocycles. The number of nitrogens with one attached hydrogen (secondary N) is 1. The molecule has 4 nitrogen and oxygen atoms in total. The molecule has 1 atom stereocenters. The Morgan fingerprint density at radius 1 is 1.45 bits per heavy atom. The number of rotatable bonds is 3. The Labute approximate surface area is 117 Å². The van der Waals surface area contributed by atoms with Gasteiger partial charge in [-0.3, -0.25) is 0 Å². The smallest absolute Gasteiger partial charge is 0.258 e. The number of hydrogen-bond donors (Lipinski definition) is 1. The summed E-state index contributed by atoms with van der Waals surface area (Å²) in [6.45, 7) is 3.95. The monoisotopic (exact) mass is 275 g/mol. The van der Waals surface area contributed by atoms with E-state index in [0.29, 0.717) is 11.8 Å². The van der Waals surface area contributed by atoms with Crippen LogP contribution in [-0.2, 0) is 6.42 Å². The summed E-state index contributed by atoms with van der Waals surface area (Å²) in [5.41, 5.74) is 1.60. The number of halogens is 1. The molecule has 106 valence electrons. The first kappa shape index (κ1) is 13.2. The Balaban J connectivity index is 1.75. The lowest BCUT2D eigenvalue weighted by Crippen LogP contribution is -2.31. The van der Waals surface area contributed by atoms with Gasteiger partial charge in [-0.25, -0.2) is 4.39 Å². The van der Waals surface area contributed by atoms with Crippen molar-refractivity contribution in [3.8, 4) is 11.5 Å². The molecule has 0 bridgehead atoms. The predicted molar refractivity (Wildman–Crippen MR) is 73.7 cm³/mol. The fourth-order valence-electron chi connectivity index (χ4n) is 2.67. The van der Waals surface area contributed by atoms with E-state index in [-0.39, 0.29) is 5.82 Å². The van der Waals surface area contributed by atoms with Gasteiger partial charge in [-0.05, 0) is 62.5 Å². The highest BCUT2D eigenvalue weighted by molar-refractivity contribution is 5.57. The summed E-state index contributed by atoms with van der Waals surface area (Å²) in [4.78, 5) is 4.44. The summed E-state index contributed by atoms with van der Waals surface area (Å²) in [6, 6.07) is 4.58. The van der Waals surface area contributed by atoms with Crippen LogP contribution in [0.3, 0.4) is 0 Å². The highest BCUT2D eigenvalue weighted by atomic mass is 19.1. The third-order valence-electron chi connectivity index (χ3n) is 3.76. The van der Waals surface area contributed by atoms with Crippen LogP contribution in [0, 0.1) is 18.7 Å². The van der Waals surface area contributed by atoms with Crippen LogP contribution in [0.4, 0.5) is 4.39 Å². The van der Waals surface area contributed by atoms with Gasteiger partial charge in [0.1, 0.15) is 5.82 Å². The maximum absolute atomic E-state index is 13.1. The molecule has 3 rings (SSSR count). The van der Waals surface area contributed by atoms with Gasteiger partial charge in [-0.15, -0.1) is 0 Å². The van der Waals surface area contributed by atoms with Gasteiger partial charge in [0.25, 0.3) is 5.89 Å². The highest BCUT2D eigenvalue weighted by Crippen LogP contribution is 2.23. The molecule has 1 aromatic carbocycles. The van der Waals surface area contributed by atoms with Crippen molar-refractivity contribution in [2.45, 2.75) is 26.2 Å². The van der Waals surface area contributed by atoms with Gasteiger partial charge in [0.2, 0.25) is 0 Å². The van der Waals surface area contributed by atoms with E-state index in [1.54, 1.807) is 6.07 Å². The number of benzene rings is 1. The number of aromatic nitrogens is 2. The molecule has 1 aromatic heterocycles. The molecule has 20 heavy (non-hydrogen) atoms. The Kier molecular flexibility index (Phi) is 3.78. The standard InChI is InChI=1S/C15H18FN3O/c1-10-7-12(16)4-5-13(10)15-18-14(19-20-15)8-11-3-2-6-17-9-11/h4-5,7,11,17H,2-3,6,8-9H2,1H3. The van der Waals surface area contributed by atoms with Gasteiger partial charge in [0, 0.05) is 12.0 Å². The first-order valence-electron chi connectivity index (χ1n) is 7.02. The molecule has 1 unspecified atom stereocenters. The van der Waals surface area contributed by atoms with Crippen LogP contribution in [0.15, 0.2) is 22.7 Å². The number of piperidine rings is 1. The molecule has 0 radical (unpaired) electrons. The Morgan fingerprint density at radius 3 is 3.10 bits per heavy atom. The molecular weight excluding hydrogens is 257 g/mol. The Hall–Kier alpha value is -1.75. The second-order valence-corrected chi connectivity index (χ2v) is 5.39. The van der Waals surface area contributed by atoms with Crippen LogP contribution in [-0.4, -0.2) is 23.2 Å². The summed E-state index contributed by atoms with van der Waals surface area (Å²) < 4.78 is 18.4. The first-order chi connectivity index (χ1) is 9.72. The van der Waals surface area contributed by atoms with E-state index >= 15 is 0 Å². The van der Waals surface area contributed by atoms with Crippen molar-refractivity contribution < 1.29 is 8.91 Å². The summed E-state index contributed by atoms with van der Waals surface area (Å²) in [5.74, 6) is 1.53. The molecule has 1 fully saturated rings. The van der Waals surface area contributed by atoms with Crippen molar-refractivity contribution in [1.29, 1.82) is 0 Å². The van der Waals surface area contributed by atoms with Crippen LogP contribution in [0.5, 0.6) is 0 Å². The van der Waals surface area contributed by atoms with E-state index < -0.39 is 0 Å². The number of nitrogens with zero attached hydrogens (tertiary/aromatic N) is 2. The molecule has 1 N–H and O–H groups in total. The number of hydrogen-bond acceptors (Lipinski definition) is 4. The zero-order valence-electron chi connectivity index (χ0n) is 11.5. The third kappa shape index (κ3) is 2.88. The summed E-state index contributed by atoms with van der Waals surface area (Å²) in [6.07, 6.45) is 3.23. The van der Waals surface area contributed by atoms with E-state index in [0.717, 1.165) is 36.5 Å². The SMILES string of the molecule is Cc1cc(F)ccc1-c1nc(CC2CCCNC2)no1. The summed E-state index contributed by atoms with van der Waals surface area (Å²) in [7, 11) is 0. The minimum atomic E-state index is -0.251. The minimum Gasteiger partial charge on any atom is -0.334 e. The van der Waals surface area contributed by atoms with E-state index in [4.69, 9.17) is 4.52 Å². The quantitative estimate of drug-likeness (QED) is 0.935. The summed E-state index contributed by atoms with van der Waals surface area (Å²) in [5, 5.41) is 7.42. The zero-order chi connectivity index (χ0) is 13.9. The minimum absolute atomic E-state index is 0.251. The Morgan fingerprint density at radius 2 is 2.35 bits per heavy atom. The van der Waals surface area contributed by atoms with Gasteiger partial charge < -0.3 is 9.84 Å². The molecule has 2 aromatic rings. The van der Waals surface area contributed by atoms with E-state index in [2.05, 4.69) is 15.5 Å².